The van der Waals surface area contributed by atoms with Crippen LogP contribution in [-0.2, 0) is 4.79 Å². The van der Waals surface area contributed by atoms with Gasteiger partial charge in [-0.2, -0.15) is 0 Å². The molecule has 4 heteroatoms. The van der Waals surface area contributed by atoms with Gasteiger partial charge >= 0.3 is 5.97 Å². The van der Waals surface area contributed by atoms with Gasteiger partial charge in [-0.3, -0.25) is 4.79 Å². The second kappa shape index (κ2) is 3.56. The minimum absolute atomic E-state index is 0.305. The quantitative estimate of drug-likeness (QED) is 0.740. The molecule has 1 aromatic carbocycles. The molecule has 1 atom stereocenters. The van der Waals surface area contributed by atoms with Crippen LogP contribution in [0.15, 0.2) is 24.2 Å². The molecule has 0 aliphatic carbocycles. The molecule has 3 nitrogen and oxygen atoms in total. The van der Waals surface area contributed by atoms with E-state index in [1.54, 1.807) is 0 Å². The molecule has 0 spiro atoms. The first-order chi connectivity index (χ1) is 7.29. The van der Waals surface area contributed by atoms with Crippen LogP contribution in [0, 0.1) is 0 Å². The minimum atomic E-state index is -1.58. The summed E-state index contributed by atoms with van der Waals surface area (Å²) in [6.45, 7) is 0. The summed E-state index contributed by atoms with van der Waals surface area (Å²) in [5.41, 5.74) is 4.99. The van der Waals surface area contributed by atoms with Crippen LogP contribution in [0.5, 0.6) is 0 Å². The van der Waals surface area contributed by atoms with Crippen molar-refractivity contribution >= 4 is 17.6 Å². The van der Waals surface area contributed by atoms with Crippen molar-refractivity contribution in [2.24, 2.45) is 5.73 Å². The number of rotatable bonds is 2. The summed E-state index contributed by atoms with van der Waals surface area (Å²) < 4.78 is 29.5. The Morgan fingerprint density at radius 2 is 2.25 bits per heavy atom. The highest BCUT2D eigenvalue weighted by Crippen LogP contribution is 2.20. The lowest BCUT2D eigenvalue weighted by Crippen LogP contribution is -2.20. The third kappa shape index (κ3) is 1.75. The molecular formula is C8H8ClNO2. The van der Waals surface area contributed by atoms with Gasteiger partial charge in [0.25, 0.3) is 0 Å². The fourth-order valence-electron chi connectivity index (χ4n) is 0.645. The number of halogens is 1. The highest BCUT2D eigenvalue weighted by molar-refractivity contribution is 6.31. The van der Waals surface area contributed by atoms with E-state index in [-0.39, 0.29) is 10.6 Å². The van der Waals surface area contributed by atoms with E-state index < -0.39 is 36.2 Å². The Morgan fingerprint density at radius 3 is 2.83 bits per heavy atom. The first kappa shape index (κ1) is 4.84. The molecule has 0 radical (unpaired) electrons. The summed E-state index contributed by atoms with van der Waals surface area (Å²) in [6.07, 6.45) is 0. The largest absolute Gasteiger partial charge is 0.480 e. The number of benzene rings is 1. The Bertz CT molecular complexity index is 437. The maximum absolute atomic E-state index is 10.7. The average molecular weight is 190 g/mol. The number of aliphatic carboxylic acids is 1. The SMILES string of the molecule is [2H]c1c([2H])c([2H])c(C(N)C(=O)O)c(Cl)c1[2H]. The number of carboxylic acid groups (broad SMARTS) is 1. The van der Waals surface area contributed by atoms with Gasteiger partial charge in [-0.15, -0.1) is 0 Å². The van der Waals surface area contributed by atoms with Crippen molar-refractivity contribution in [1.29, 1.82) is 0 Å². The zero-order valence-electron chi connectivity index (χ0n) is 9.89. The van der Waals surface area contributed by atoms with E-state index in [0.717, 1.165) is 0 Å². The molecule has 1 aromatic rings. The van der Waals surface area contributed by atoms with Crippen LogP contribution < -0.4 is 5.73 Å². The van der Waals surface area contributed by atoms with Gasteiger partial charge in [0.2, 0.25) is 0 Å². The summed E-state index contributed by atoms with van der Waals surface area (Å²) in [5, 5.41) is 8.34. The molecule has 0 bridgehead atoms. The summed E-state index contributed by atoms with van der Waals surface area (Å²) in [7, 11) is 0. The van der Waals surface area contributed by atoms with E-state index in [1.807, 2.05) is 0 Å². The third-order valence-corrected chi connectivity index (χ3v) is 1.54. The highest BCUT2D eigenvalue weighted by Gasteiger charge is 2.16. The summed E-state index contributed by atoms with van der Waals surface area (Å²) in [5.74, 6) is -1.41. The molecule has 0 heterocycles. The number of hydrogen-bond acceptors (Lipinski definition) is 2. The first-order valence-corrected chi connectivity index (χ1v) is 3.41. The third-order valence-electron chi connectivity index (χ3n) is 1.25. The first-order valence-electron chi connectivity index (χ1n) is 5.03. The molecule has 0 aliphatic heterocycles. The van der Waals surface area contributed by atoms with Crippen molar-refractivity contribution < 1.29 is 15.4 Å². The molecule has 0 amide bonds. The number of hydrogen-bond donors (Lipinski definition) is 2. The predicted octanol–water partition coefficient (Wildman–Crippen LogP) is 1.42. The van der Waals surface area contributed by atoms with E-state index in [0.29, 0.717) is 0 Å². The van der Waals surface area contributed by atoms with Crippen LogP contribution >= 0.6 is 11.6 Å². The molecule has 12 heavy (non-hydrogen) atoms. The Morgan fingerprint density at radius 1 is 1.67 bits per heavy atom. The zero-order valence-corrected chi connectivity index (χ0v) is 6.64. The molecule has 0 saturated carbocycles. The molecule has 0 fully saturated rings. The maximum Gasteiger partial charge on any atom is 0.325 e. The van der Waals surface area contributed by atoms with Crippen LogP contribution in [0.3, 0.4) is 0 Å². The zero-order chi connectivity index (χ0) is 12.6. The molecule has 1 unspecified atom stereocenters. The number of carboxylic acids is 1. The smallest absolute Gasteiger partial charge is 0.325 e. The Labute approximate surface area is 80.4 Å². The van der Waals surface area contributed by atoms with E-state index >= 15 is 0 Å². The van der Waals surface area contributed by atoms with Gasteiger partial charge in [0.1, 0.15) is 6.04 Å². The van der Waals surface area contributed by atoms with Gasteiger partial charge in [-0.1, -0.05) is 29.7 Å². The van der Waals surface area contributed by atoms with Crippen molar-refractivity contribution in [2.75, 3.05) is 0 Å². The number of nitrogens with two attached hydrogens (primary N) is 1. The van der Waals surface area contributed by atoms with Crippen molar-refractivity contribution in [2.45, 2.75) is 6.04 Å². The van der Waals surface area contributed by atoms with Crippen LogP contribution in [0.1, 0.15) is 17.1 Å². The van der Waals surface area contributed by atoms with Crippen molar-refractivity contribution in [1.82, 2.24) is 0 Å². The van der Waals surface area contributed by atoms with Crippen LogP contribution in [-0.4, -0.2) is 11.1 Å². The van der Waals surface area contributed by atoms with Crippen molar-refractivity contribution in [3.05, 3.63) is 34.8 Å². The summed E-state index contributed by atoms with van der Waals surface area (Å²) >= 11 is 5.66. The molecule has 1 rings (SSSR count). The van der Waals surface area contributed by atoms with Gasteiger partial charge in [-0.25, -0.2) is 0 Å². The molecule has 0 saturated heterocycles. The molecule has 64 valence electrons. The number of carbonyl (C=O) groups is 1. The van der Waals surface area contributed by atoms with Gasteiger partial charge in [0, 0.05) is 5.02 Å². The summed E-state index contributed by atoms with van der Waals surface area (Å²) in [6, 6.07) is -3.67. The standard InChI is InChI=1S/C8H8ClNO2/c9-6-4-2-1-3-5(6)7(10)8(11)12/h1-4,7H,10H2,(H,11,12)/i1D,2D,3D,4D. The highest BCUT2D eigenvalue weighted by atomic mass is 35.5. The molecule has 0 aliphatic rings. The van der Waals surface area contributed by atoms with Crippen LogP contribution in [0.25, 0.3) is 0 Å². The lowest BCUT2D eigenvalue weighted by molar-refractivity contribution is -0.138. The monoisotopic (exact) mass is 189 g/mol. The Balaban J connectivity index is 3.57. The second-order valence-corrected chi connectivity index (χ2v) is 2.42. The fourth-order valence-corrected chi connectivity index (χ4v) is 0.857. The summed E-state index contributed by atoms with van der Waals surface area (Å²) in [4.78, 5) is 10.7. The Kier molecular flexibility index (Phi) is 1.44. The minimum Gasteiger partial charge on any atom is -0.480 e. The Hall–Kier alpha value is -1.06. The van der Waals surface area contributed by atoms with Gasteiger partial charge in [0.15, 0.2) is 0 Å². The van der Waals surface area contributed by atoms with Crippen molar-refractivity contribution in [3.63, 3.8) is 0 Å². The van der Waals surface area contributed by atoms with E-state index in [1.165, 1.54) is 0 Å². The molecule has 0 aromatic heterocycles. The van der Waals surface area contributed by atoms with Gasteiger partial charge < -0.3 is 10.8 Å². The predicted molar refractivity (Wildman–Crippen MR) is 46.0 cm³/mol. The fraction of sp³-hybridized carbons (Fsp3) is 0.125. The van der Waals surface area contributed by atoms with Crippen LogP contribution in [0.2, 0.25) is 5.02 Å². The molecule has 3 N–H and O–H groups in total. The maximum atomic E-state index is 10.7. The molecular weight excluding hydrogens is 178 g/mol. The lowest BCUT2D eigenvalue weighted by Gasteiger charge is -2.07. The van der Waals surface area contributed by atoms with Gasteiger partial charge in [-0.05, 0) is 11.6 Å². The average Bonchev–Trinajstić information content (AvgIpc) is 2.23. The normalized spacial score (nSPS) is 17.2. The van der Waals surface area contributed by atoms with E-state index in [4.69, 9.17) is 27.9 Å². The lowest BCUT2D eigenvalue weighted by atomic mass is 10.1. The van der Waals surface area contributed by atoms with Crippen molar-refractivity contribution in [3.8, 4) is 0 Å². The topological polar surface area (TPSA) is 63.3 Å². The van der Waals surface area contributed by atoms with Gasteiger partial charge in [0.05, 0.1) is 5.48 Å². The van der Waals surface area contributed by atoms with E-state index in [2.05, 4.69) is 0 Å². The second-order valence-electron chi connectivity index (χ2n) is 2.04. The van der Waals surface area contributed by atoms with Crippen LogP contribution in [0.4, 0.5) is 0 Å². The van der Waals surface area contributed by atoms with E-state index in [9.17, 15) is 4.79 Å².